The van der Waals surface area contributed by atoms with Crippen LogP contribution < -0.4 is 15.1 Å². The molecule has 2 aliphatic heterocycles. The number of fused-ring (bicyclic) bond motifs is 1. The Bertz CT molecular complexity index is 1220. The van der Waals surface area contributed by atoms with Gasteiger partial charge in [-0.2, -0.15) is 0 Å². The number of amides is 3. The highest BCUT2D eigenvalue weighted by Crippen LogP contribution is 2.34. The number of rotatable bonds is 8. The summed E-state index contributed by atoms with van der Waals surface area (Å²) in [5.74, 6) is -0.778. The van der Waals surface area contributed by atoms with Crippen LogP contribution in [0.4, 0.5) is 25.4 Å². The summed E-state index contributed by atoms with van der Waals surface area (Å²) in [5.41, 5.74) is 1.05. The summed E-state index contributed by atoms with van der Waals surface area (Å²) in [7, 11) is 1.57. The summed E-state index contributed by atoms with van der Waals surface area (Å²) < 4.78 is 31.7. The van der Waals surface area contributed by atoms with E-state index in [2.05, 4.69) is 5.32 Å². The van der Waals surface area contributed by atoms with Gasteiger partial charge in [0.25, 0.3) is 0 Å². The van der Waals surface area contributed by atoms with Crippen molar-refractivity contribution in [3.63, 3.8) is 0 Å². The molecular formula is C30H39FN4O6. The Balaban J connectivity index is 1.32. The molecule has 0 radical (unpaired) electrons. The summed E-state index contributed by atoms with van der Waals surface area (Å²) >= 11 is 0. The Morgan fingerprint density at radius 3 is 2.51 bits per heavy atom. The van der Waals surface area contributed by atoms with E-state index in [4.69, 9.17) is 14.2 Å². The zero-order chi connectivity index (χ0) is 29.6. The Labute approximate surface area is 240 Å². The zero-order valence-corrected chi connectivity index (χ0v) is 24.1. The van der Waals surface area contributed by atoms with Crippen LogP contribution >= 0.6 is 0 Å². The predicted molar refractivity (Wildman–Crippen MR) is 152 cm³/mol. The van der Waals surface area contributed by atoms with Crippen LogP contribution in [0.15, 0.2) is 48.5 Å². The van der Waals surface area contributed by atoms with E-state index in [1.165, 1.54) is 11.0 Å². The molecule has 1 atom stereocenters. The molecule has 0 saturated carbocycles. The lowest BCUT2D eigenvalue weighted by molar-refractivity contribution is -0.120. The van der Waals surface area contributed by atoms with E-state index in [0.29, 0.717) is 50.6 Å². The highest BCUT2D eigenvalue weighted by atomic mass is 19.1. The number of nitrogens with zero attached hydrogens (tertiary/aromatic N) is 3. The molecule has 2 aromatic rings. The number of hydrogen-bond donors (Lipinski definition) is 1. The molecule has 0 aromatic heterocycles. The van der Waals surface area contributed by atoms with Gasteiger partial charge in [-0.15, -0.1) is 0 Å². The molecule has 222 valence electrons. The molecule has 1 fully saturated rings. The first kappa shape index (κ1) is 30.1. The molecule has 2 aliphatic rings. The van der Waals surface area contributed by atoms with Crippen LogP contribution in [0.5, 0.6) is 0 Å². The second-order valence-corrected chi connectivity index (χ2v) is 11.3. The number of halogens is 1. The number of para-hydroxylation sites is 1. The summed E-state index contributed by atoms with van der Waals surface area (Å²) in [6.07, 6.45) is -0.243. The van der Waals surface area contributed by atoms with Crippen molar-refractivity contribution in [1.82, 2.24) is 10.2 Å². The van der Waals surface area contributed by atoms with Crippen molar-refractivity contribution in [2.45, 2.75) is 58.0 Å². The number of ether oxygens (including phenoxy) is 3. The number of likely N-dealkylation sites (tertiary alicyclic amines) is 1. The van der Waals surface area contributed by atoms with Crippen molar-refractivity contribution in [2.75, 3.05) is 49.6 Å². The zero-order valence-electron chi connectivity index (χ0n) is 24.1. The van der Waals surface area contributed by atoms with Crippen LogP contribution in [0.1, 0.15) is 39.2 Å². The van der Waals surface area contributed by atoms with E-state index >= 15 is 4.39 Å². The monoisotopic (exact) mass is 570 g/mol. The number of likely N-dealkylation sites (N-methyl/N-ethyl adjacent to an activating group) is 1. The Morgan fingerprint density at radius 2 is 1.80 bits per heavy atom. The molecular weight excluding hydrogens is 531 g/mol. The van der Waals surface area contributed by atoms with Crippen molar-refractivity contribution < 1.29 is 33.0 Å². The minimum absolute atomic E-state index is 0.0712. The maximum Gasteiger partial charge on any atom is 0.410 e. The van der Waals surface area contributed by atoms with Crippen LogP contribution in [-0.2, 0) is 25.6 Å². The average Bonchev–Trinajstić information content (AvgIpc) is 2.90. The van der Waals surface area contributed by atoms with Gasteiger partial charge >= 0.3 is 12.2 Å². The van der Waals surface area contributed by atoms with Gasteiger partial charge in [-0.05, 0) is 51.3 Å². The number of anilines is 2. The number of benzene rings is 2. The van der Waals surface area contributed by atoms with Gasteiger partial charge in [0.05, 0.1) is 30.6 Å². The fourth-order valence-electron chi connectivity index (χ4n) is 4.75. The van der Waals surface area contributed by atoms with Gasteiger partial charge in [-0.25, -0.2) is 14.0 Å². The smallest absolute Gasteiger partial charge is 0.410 e. The summed E-state index contributed by atoms with van der Waals surface area (Å²) in [4.78, 5) is 42.8. The lowest BCUT2D eigenvalue weighted by atomic mass is 10.1. The van der Waals surface area contributed by atoms with Crippen molar-refractivity contribution in [1.29, 1.82) is 0 Å². The number of nitrogens with one attached hydrogen (secondary N) is 1. The van der Waals surface area contributed by atoms with Gasteiger partial charge in [0, 0.05) is 26.7 Å². The molecule has 10 nitrogen and oxygen atoms in total. The number of carbonyl (C=O) groups is 3. The highest BCUT2D eigenvalue weighted by Gasteiger charge is 2.35. The summed E-state index contributed by atoms with van der Waals surface area (Å²) in [6, 6.07) is 13.0. The average molecular weight is 571 g/mol. The first-order valence-corrected chi connectivity index (χ1v) is 13.9. The van der Waals surface area contributed by atoms with Crippen LogP contribution in [0.2, 0.25) is 0 Å². The molecule has 3 amide bonds. The van der Waals surface area contributed by atoms with Crippen molar-refractivity contribution in [3.05, 3.63) is 59.9 Å². The first-order chi connectivity index (χ1) is 19.5. The standard InChI is InChI=1S/C30H39FN4O6/c1-30(2,3)41-29(38)35-18-22(19-35)39-17-9-15-34-16-14-24(32-28(37)40-20-21-10-6-5-7-11-21)27(36)33(4)25-13-8-12-23(31)26(25)34/h5-8,10-13,22,24H,9,14-20H2,1-4H3,(H,32,37)/t24-/m0/s1. The molecule has 0 spiro atoms. The van der Waals surface area contributed by atoms with Gasteiger partial charge in [-0.1, -0.05) is 36.4 Å². The van der Waals surface area contributed by atoms with E-state index < -0.39 is 23.6 Å². The molecule has 4 rings (SSSR count). The molecule has 1 N–H and O–H groups in total. The Kier molecular flexibility index (Phi) is 9.69. The highest BCUT2D eigenvalue weighted by molar-refractivity contribution is 6.01. The van der Waals surface area contributed by atoms with E-state index in [1.54, 1.807) is 24.1 Å². The number of carbonyl (C=O) groups excluding carboxylic acids is 3. The first-order valence-electron chi connectivity index (χ1n) is 13.9. The maximum absolute atomic E-state index is 15.1. The minimum Gasteiger partial charge on any atom is -0.445 e. The lowest BCUT2D eigenvalue weighted by Crippen LogP contribution is -2.56. The number of hydrogen-bond acceptors (Lipinski definition) is 7. The molecule has 0 bridgehead atoms. The van der Waals surface area contributed by atoms with Gasteiger partial charge in [0.2, 0.25) is 5.91 Å². The van der Waals surface area contributed by atoms with Gasteiger partial charge in [0.1, 0.15) is 24.1 Å². The van der Waals surface area contributed by atoms with Gasteiger partial charge in [0.15, 0.2) is 0 Å². The largest absolute Gasteiger partial charge is 0.445 e. The van der Waals surface area contributed by atoms with Gasteiger partial charge < -0.3 is 34.2 Å². The fraction of sp³-hybridized carbons (Fsp3) is 0.500. The molecule has 2 aromatic carbocycles. The second-order valence-electron chi connectivity index (χ2n) is 11.3. The van der Waals surface area contributed by atoms with E-state index in [-0.39, 0.29) is 31.1 Å². The second kappa shape index (κ2) is 13.2. The summed E-state index contributed by atoms with van der Waals surface area (Å²) in [6.45, 7) is 7.75. The van der Waals surface area contributed by atoms with Crippen LogP contribution in [0.3, 0.4) is 0 Å². The fourth-order valence-corrected chi connectivity index (χ4v) is 4.75. The van der Waals surface area contributed by atoms with Crippen LogP contribution in [-0.4, -0.2) is 80.6 Å². The van der Waals surface area contributed by atoms with Gasteiger partial charge in [-0.3, -0.25) is 4.79 Å². The molecule has 11 heteroatoms. The van der Waals surface area contributed by atoms with E-state index in [9.17, 15) is 14.4 Å². The normalized spacial score (nSPS) is 17.7. The van der Waals surface area contributed by atoms with Crippen LogP contribution in [0, 0.1) is 5.82 Å². The van der Waals surface area contributed by atoms with Crippen molar-refractivity contribution in [2.24, 2.45) is 0 Å². The predicted octanol–water partition coefficient (Wildman–Crippen LogP) is 4.32. The summed E-state index contributed by atoms with van der Waals surface area (Å²) in [5, 5.41) is 2.69. The minimum atomic E-state index is -0.841. The van der Waals surface area contributed by atoms with Crippen molar-refractivity contribution >= 4 is 29.5 Å². The molecule has 2 heterocycles. The SMILES string of the molecule is CN1C(=O)[C@@H](NC(=O)OCc2ccccc2)CCN(CCCOC2CN(C(=O)OC(C)(C)C)C2)c2c(F)cccc21. The quantitative estimate of drug-likeness (QED) is 0.472. The Morgan fingerprint density at radius 1 is 1.07 bits per heavy atom. The lowest BCUT2D eigenvalue weighted by Gasteiger charge is -2.39. The van der Waals surface area contributed by atoms with E-state index in [1.807, 2.05) is 56.0 Å². The van der Waals surface area contributed by atoms with E-state index in [0.717, 1.165) is 5.56 Å². The third-order valence-corrected chi connectivity index (χ3v) is 6.89. The number of alkyl carbamates (subject to hydrolysis) is 1. The molecule has 41 heavy (non-hydrogen) atoms. The van der Waals surface area contributed by atoms with Crippen LogP contribution in [0.25, 0.3) is 0 Å². The molecule has 1 saturated heterocycles. The third-order valence-electron chi connectivity index (χ3n) is 6.89. The molecule has 0 unspecified atom stereocenters. The Hall–Kier alpha value is -3.86. The molecule has 0 aliphatic carbocycles. The topological polar surface area (TPSA) is 101 Å². The third kappa shape index (κ3) is 8.09. The van der Waals surface area contributed by atoms with Crippen molar-refractivity contribution in [3.8, 4) is 0 Å². The maximum atomic E-state index is 15.1.